The van der Waals surface area contributed by atoms with Gasteiger partial charge in [0.15, 0.2) is 18.1 Å². The summed E-state index contributed by atoms with van der Waals surface area (Å²) in [5, 5.41) is 5.16. The minimum Gasteiger partial charge on any atom is -0.493 e. The Morgan fingerprint density at radius 3 is 2.50 bits per heavy atom. The molecule has 0 unspecified atom stereocenters. The van der Waals surface area contributed by atoms with Crippen molar-refractivity contribution in [1.29, 1.82) is 0 Å². The minimum atomic E-state index is -0.489. The number of halogens is 1. The highest BCUT2D eigenvalue weighted by atomic mass is 79.9. The van der Waals surface area contributed by atoms with E-state index in [-0.39, 0.29) is 48.7 Å². The summed E-state index contributed by atoms with van der Waals surface area (Å²) in [6, 6.07) is 3.34. The number of benzene rings is 1. The average Bonchev–Trinajstić information content (AvgIpc) is 3.40. The standard InChI is InChI=1S/C21H21BrN2O6/c1-3-29-16(25)10-30-19-14(22)6-11(7-15(19)28-2)9-23-24-20(26)17-12-4-5-13(8-12)18(17)21(24)27/h4-7,9,12-13,17-18H,3,8,10H2,1-2H3/t12-,13-,17-,18+/m0/s1. The van der Waals surface area contributed by atoms with Gasteiger partial charge in [0, 0.05) is 0 Å². The molecule has 4 atom stereocenters. The second-order valence-electron chi connectivity index (χ2n) is 7.36. The first kappa shape index (κ1) is 20.6. The van der Waals surface area contributed by atoms with Gasteiger partial charge in [-0.05, 0) is 58.8 Å². The van der Waals surface area contributed by atoms with Crippen LogP contribution in [0.15, 0.2) is 33.9 Å². The maximum absolute atomic E-state index is 12.7. The number of rotatable bonds is 7. The van der Waals surface area contributed by atoms with Crippen LogP contribution in [0.5, 0.6) is 11.5 Å². The van der Waals surface area contributed by atoms with Crippen LogP contribution < -0.4 is 9.47 Å². The molecule has 8 nitrogen and oxygen atoms in total. The molecule has 2 amide bonds. The number of ether oxygens (including phenoxy) is 3. The smallest absolute Gasteiger partial charge is 0.344 e. The van der Waals surface area contributed by atoms with Gasteiger partial charge in [-0.25, -0.2) is 4.79 Å². The van der Waals surface area contributed by atoms with Crippen LogP contribution in [0, 0.1) is 23.7 Å². The van der Waals surface area contributed by atoms with Gasteiger partial charge < -0.3 is 14.2 Å². The van der Waals surface area contributed by atoms with Crippen molar-refractivity contribution >= 4 is 39.9 Å². The average molecular weight is 477 g/mol. The maximum atomic E-state index is 12.7. The van der Waals surface area contributed by atoms with E-state index in [1.807, 2.05) is 12.2 Å². The summed E-state index contributed by atoms with van der Waals surface area (Å²) in [7, 11) is 1.47. The molecule has 9 heteroatoms. The Bertz CT molecular complexity index is 929. The van der Waals surface area contributed by atoms with Gasteiger partial charge in [0.1, 0.15) is 0 Å². The van der Waals surface area contributed by atoms with Crippen molar-refractivity contribution in [2.75, 3.05) is 20.3 Å². The maximum Gasteiger partial charge on any atom is 0.344 e. The lowest BCUT2D eigenvalue weighted by molar-refractivity contribution is -0.145. The Morgan fingerprint density at radius 1 is 1.23 bits per heavy atom. The van der Waals surface area contributed by atoms with Crippen molar-refractivity contribution in [2.45, 2.75) is 13.3 Å². The number of methoxy groups -OCH3 is 1. The van der Waals surface area contributed by atoms with Crippen molar-refractivity contribution < 1.29 is 28.6 Å². The van der Waals surface area contributed by atoms with E-state index in [1.54, 1.807) is 19.1 Å². The zero-order valence-corrected chi connectivity index (χ0v) is 18.1. The normalized spacial score (nSPS) is 26.6. The number of carbonyl (C=O) groups excluding carboxylic acids is 3. The number of imide groups is 1. The van der Waals surface area contributed by atoms with E-state index >= 15 is 0 Å². The highest BCUT2D eigenvalue weighted by Crippen LogP contribution is 2.52. The minimum absolute atomic E-state index is 0.140. The number of esters is 1. The van der Waals surface area contributed by atoms with Gasteiger partial charge in [0.2, 0.25) is 0 Å². The predicted octanol–water partition coefficient (Wildman–Crippen LogP) is 2.54. The van der Waals surface area contributed by atoms with Crippen molar-refractivity contribution in [3.05, 3.63) is 34.3 Å². The lowest BCUT2D eigenvalue weighted by atomic mass is 9.85. The van der Waals surface area contributed by atoms with E-state index in [2.05, 4.69) is 21.0 Å². The van der Waals surface area contributed by atoms with Gasteiger partial charge >= 0.3 is 5.97 Å². The Balaban J connectivity index is 1.50. The van der Waals surface area contributed by atoms with Crippen LogP contribution in [0.2, 0.25) is 0 Å². The monoisotopic (exact) mass is 476 g/mol. The summed E-state index contributed by atoms with van der Waals surface area (Å²) in [5.41, 5.74) is 0.598. The predicted molar refractivity (Wildman–Crippen MR) is 110 cm³/mol. The van der Waals surface area contributed by atoms with Crippen LogP contribution >= 0.6 is 15.9 Å². The quantitative estimate of drug-likeness (QED) is 0.259. The summed E-state index contributed by atoms with van der Waals surface area (Å²) in [4.78, 5) is 37.0. The highest BCUT2D eigenvalue weighted by Gasteiger charge is 2.59. The van der Waals surface area contributed by atoms with Gasteiger partial charge in [-0.2, -0.15) is 10.1 Å². The molecule has 0 radical (unpaired) electrons. The zero-order chi connectivity index (χ0) is 21.4. The summed E-state index contributed by atoms with van der Waals surface area (Å²) >= 11 is 3.39. The van der Waals surface area contributed by atoms with Crippen molar-refractivity contribution in [3.63, 3.8) is 0 Å². The molecule has 2 aliphatic carbocycles. The van der Waals surface area contributed by atoms with E-state index in [9.17, 15) is 14.4 Å². The SMILES string of the molecule is CCOC(=O)COc1c(Br)cc(C=NN2C(=O)[C@@H]3[C@H](C2=O)[C@H]2C=C[C@H]3C2)cc1OC. The Morgan fingerprint density at radius 2 is 1.90 bits per heavy atom. The fraction of sp³-hybridized carbons (Fsp3) is 0.429. The highest BCUT2D eigenvalue weighted by molar-refractivity contribution is 9.10. The third kappa shape index (κ3) is 3.51. The van der Waals surface area contributed by atoms with E-state index in [4.69, 9.17) is 14.2 Å². The molecule has 1 aliphatic heterocycles. The first-order valence-electron chi connectivity index (χ1n) is 9.70. The number of hydrogen-bond donors (Lipinski definition) is 0. The largest absolute Gasteiger partial charge is 0.493 e. The van der Waals surface area contributed by atoms with Crippen LogP contribution in [0.3, 0.4) is 0 Å². The summed E-state index contributed by atoms with van der Waals surface area (Å²) in [6.45, 7) is 1.72. The Labute approximate surface area is 182 Å². The second-order valence-corrected chi connectivity index (χ2v) is 8.21. The van der Waals surface area contributed by atoms with E-state index in [0.717, 1.165) is 11.4 Å². The molecular formula is C21H21BrN2O6. The molecule has 158 valence electrons. The van der Waals surface area contributed by atoms with Crippen molar-refractivity contribution in [3.8, 4) is 11.5 Å². The molecule has 30 heavy (non-hydrogen) atoms. The lowest BCUT2D eigenvalue weighted by Gasteiger charge is -2.13. The molecule has 1 saturated carbocycles. The molecule has 1 aromatic rings. The number of nitrogens with zero attached hydrogens (tertiary/aromatic N) is 2. The number of amides is 2. The molecule has 0 aromatic heterocycles. The fourth-order valence-electron chi connectivity index (χ4n) is 4.41. The summed E-state index contributed by atoms with van der Waals surface area (Å²) < 4.78 is 16.2. The number of hydrogen-bond acceptors (Lipinski definition) is 7. The molecule has 4 rings (SSSR count). The molecule has 2 fully saturated rings. The first-order valence-corrected chi connectivity index (χ1v) is 10.5. The number of fused-ring (bicyclic) bond motifs is 5. The zero-order valence-electron chi connectivity index (χ0n) is 16.5. The topological polar surface area (TPSA) is 94.5 Å². The Kier molecular flexibility index (Phi) is 5.64. The van der Waals surface area contributed by atoms with E-state index in [0.29, 0.717) is 21.5 Å². The van der Waals surface area contributed by atoms with Crippen molar-refractivity contribution in [2.24, 2.45) is 28.8 Å². The number of hydrazone groups is 1. The third-order valence-corrected chi connectivity index (χ3v) is 6.25. The van der Waals surface area contributed by atoms with Crippen LogP contribution in [0.25, 0.3) is 0 Å². The van der Waals surface area contributed by atoms with Crippen molar-refractivity contribution in [1.82, 2.24) is 5.01 Å². The molecule has 0 N–H and O–H groups in total. The van der Waals surface area contributed by atoms with Gasteiger partial charge in [-0.15, -0.1) is 0 Å². The molecule has 1 aromatic carbocycles. The number of allylic oxidation sites excluding steroid dienone is 2. The van der Waals surface area contributed by atoms with Crippen LogP contribution in [-0.4, -0.2) is 49.3 Å². The van der Waals surface area contributed by atoms with E-state index in [1.165, 1.54) is 13.3 Å². The molecule has 1 saturated heterocycles. The molecule has 0 spiro atoms. The van der Waals surface area contributed by atoms with Gasteiger partial charge in [0.25, 0.3) is 11.8 Å². The van der Waals surface area contributed by atoms with Gasteiger partial charge in [-0.3, -0.25) is 9.59 Å². The second kappa shape index (κ2) is 8.22. The van der Waals surface area contributed by atoms with Crippen LogP contribution in [0.4, 0.5) is 0 Å². The van der Waals surface area contributed by atoms with Gasteiger partial charge in [-0.1, -0.05) is 12.2 Å². The lowest BCUT2D eigenvalue weighted by Crippen LogP contribution is -2.28. The molecule has 3 aliphatic rings. The number of carbonyl (C=O) groups is 3. The van der Waals surface area contributed by atoms with E-state index < -0.39 is 5.97 Å². The molecular weight excluding hydrogens is 456 g/mol. The third-order valence-electron chi connectivity index (χ3n) is 5.66. The van der Waals surface area contributed by atoms with Crippen LogP contribution in [0.1, 0.15) is 18.9 Å². The summed E-state index contributed by atoms with van der Waals surface area (Å²) in [6.07, 6.45) is 6.40. The fourth-order valence-corrected chi connectivity index (χ4v) is 4.99. The van der Waals surface area contributed by atoms with Gasteiger partial charge in [0.05, 0.1) is 36.2 Å². The van der Waals surface area contributed by atoms with Crippen LogP contribution in [-0.2, 0) is 19.1 Å². The Hall–Kier alpha value is -2.68. The first-order chi connectivity index (χ1) is 14.4. The summed E-state index contributed by atoms with van der Waals surface area (Å²) in [5.74, 6) is -0.548. The molecule has 2 bridgehead atoms. The molecule has 1 heterocycles.